The highest BCUT2D eigenvalue weighted by Crippen LogP contribution is 2.46. The van der Waals surface area contributed by atoms with Crippen LogP contribution in [0, 0.1) is 35.5 Å². The highest BCUT2D eigenvalue weighted by Gasteiger charge is 2.34. The number of nitrogens with zero attached hydrogens (tertiary/aromatic N) is 1. The van der Waals surface area contributed by atoms with Gasteiger partial charge in [-0.1, -0.05) is 63.7 Å². The Morgan fingerprint density at radius 1 is 0.857 bits per heavy atom. The van der Waals surface area contributed by atoms with E-state index in [9.17, 15) is 4.79 Å². The van der Waals surface area contributed by atoms with Crippen molar-refractivity contribution in [3.63, 3.8) is 0 Å². The minimum absolute atomic E-state index is 0.0899. The minimum atomic E-state index is 0.0899. The van der Waals surface area contributed by atoms with Crippen molar-refractivity contribution in [2.45, 2.75) is 135 Å². The van der Waals surface area contributed by atoms with Gasteiger partial charge >= 0.3 is 0 Å². The van der Waals surface area contributed by atoms with Gasteiger partial charge in [-0.15, -0.1) is 0 Å². The predicted octanol–water partition coefficient (Wildman–Crippen LogP) is 9.11. The fourth-order valence-corrected chi connectivity index (χ4v) is 8.55. The molecule has 4 aliphatic carbocycles. The zero-order valence-electron chi connectivity index (χ0n) is 23.2. The molecule has 4 rings (SSSR count). The third kappa shape index (κ3) is 7.26. The van der Waals surface area contributed by atoms with E-state index in [0.29, 0.717) is 6.04 Å². The molecule has 0 bridgehead atoms. The smallest absolute Gasteiger partial charge is 0.245 e. The van der Waals surface area contributed by atoms with Gasteiger partial charge in [-0.05, 0) is 125 Å². The molecule has 1 unspecified atom stereocenters. The van der Waals surface area contributed by atoms with Crippen molar-refractivity contribution >= 4 is 5.91 Å². The van der Waals surface area contributed by atoms with Crippen LogP contribution in [0.2, 0.25) is 0 Å². The molecule has 0 aliphatic heterocycles. The molecule has 3 fully saturated rings. The summed E-state index contributed by atoms with van der Waals surface area (Å²) >= 11 is 0. The Hall–Kier alpha value is -1.05. The van der Waals surface area contributed by atoms with E-state index in [0.717, 1.165) is 35.5 Å². The maximum Gasteiger partial charge on any atom is 0.245 e. The molecule has 0 radical (unpaired) electrons. The lowest BCUT2D eigenvalue weighted by Crippen LogP contribution is -2.39. The third-order valence-corrected chi connectivity index (χ3v) is 11.0. The second kappa shape index (κ2) is 13.5. The van der Waals surface area contributed by atoms with Gasteiger partial charge in [0.1, 0.15) is 0 Å². The van der Waals surface area contributed by atoms with Gasteiger partial charge in [-0.25, -0.2) is 0 Å². The SMILES string of the molecule is C=CC(=O)N(C)C1CCC(C2CCC(C3=CCC(C4CCC(CCCCC)CC4)CC3)CC2)CC1. The van der Waals surface area contributed by atoms with Crippen molar-refractivity contribution in [3.8, 4) is 0 Å². The fraction of sp³-hybridized carbons (Fsp3) is 0.848. The maximum atomic E-state index is 12.0. The van der Waals surface area contributed by atoms with E-state index < -0.39 is 0 Å². The van der Waals surface area contributed by atoms with Crippen LogP contribution in [-0.2, 0) is 4.79 Å². The van der Waals surface area contributed by atoms with Crippen molar-refractivity contribution < 1.29 is 4.79 Å². The number of allylic oxidation sites excluding steroid dienone is 2. The monoisotopic (exact) mass is 481 g/mol. The van der Waals surface area contributed by atoms with Crippen molar-refractivity contribution in [2.75, 3.05) is 7.05 Å². The second-order valence-electron chi connectivity index (χ2n) is 12.9. The van der Waals surface area contributed by atoms with E-state index in [4.69, 9.17) is 0 Å². The van der Waals surface area contributed by atoms with Crippen LogP contribution in [0.15, 0.2) is 24.3 Å². The highest BCUT2D eigenvalue weighted by molar-refractivity contribution is 5.87. The predicted molar refractivity (Wildman–Crippen MR) is 149 cm³/mol. The lowest BCUT2D eigenvalue weighted by atomic mass is 9.66. The van der Waals surface area contributed by atoms with Crippen molar-refractivity contribution in [1.82, 2.24) is 4.90 Å². The number of carbonyl (C=O) groups is 1. The zero-order valence-corrected chi connectivity index (χ0v) is 23.2. The first-order valence-electron chi connectivity index (χ1n) is 15.7. The summed E-state index contributed by atoms with van der Waals surface area (Å²) in [6.07, 6.45) is 31.1. The van der Waals surface area contributed by atoms with Crippen LogP contribution in [0.4, 0.5) is 0 Å². The molecular weight excluding hydrogens is 426 g/mol. The Balaban J connectivity index is 1.15. The van der Waals surface area contributed by atoms with Crippen LogP contribution in [0.3, 0.4) is 0 Å². The molecule has 0 saturated heterocycles. The van der Waals surface area contributed by atoms with E-state index in [-0.39, 0.29) is 5.91 Å². The largest absolute Gasteiger partial charge is 0.339 e. The van der Waals surface area contributed by atoms with E-state index in [1.165, 1.54) is 128 Å². The Bertz CT molecular complexity index is 686. The van der Waals surface area contributed by atoms with Crippen LogP contribution < -0.4 is 0 Å². The summed E-state index contributed by atoms with van der Waals surface area (Å²) < 4.78 is 0. The summed E-state index contributed by atoms with van der Waals surface area (Å²) in [7, 11) is 1.96. The van der Waals surface area contributed by atoms with Crippen LogP contribution in [-0.4, -0.2) is 23.9 Å². The Kier molecular flexibility index (Phi) is 10.4. The Morgan fingerprint density at radius 3 is 2.03 bits per heavy atom. The molecular formula is C33H55NO. The molecule has 0 aromatic rings. The Morgan fingerprint density at radius 2 is 1.46 bits per heavy atom. The molecule has 0 aromatic carbocycles. The second-order valence-corrected chi connectivity index (χ2v) is 12.9. The molecule has 3 saturated carbocycles. The zero-order chi connectivity index (χ0) is 24.6. The fourth-order valence-electron chi connectivity index (χ4n) is 8.55. The van der Waals surface area contributed by atoms with E-state index >= 15 is 0 Å². The standard InChI is InChI=1S/C33H55NO/c1-4-6-7-8-25-9-11-26(12-10-25)27-13-15-28(16-14-27)29-17-19-30(20-18-29)31-21-23-32(24-22-31)34(3)33(35)5-2/h5,15,25-27,29-32H,2,4,6-14,16-24H2,1,3H3. The number of rotatable bonds is 9. The molecule has 35 heavy (non-hydrogen) atoms. The maximum absolute atomic E-state index is 12.0. The summed E-state index contributed by atoms with van der Waals surface area (Å²) in [4.78, 5) is 13.9. The van der Waals surface area contributed by atoms with Crippen molar-refractivity contribution in [3.05, 3.63) is 24.3 Å². The van der Waals surface area contributed by atoms with Gasteiger partial charge in [0.2, 0.25) is 5.91 Å². The molecule has 1 atom stereocenters. The van der Waals surface area contributed by atoms with Gasteiger partial charge < -0.3 is 4.90 Å². The molecule has 198 valence electrons. The van der Waals surface area contributed by atoms with Gasteiger partial charge in [0.05, 0.1) is 0 Å². The number of carbonyl (C=O) groups excluding carboxylic acids is 1. The third-order valence-electron chi connectivity index (χ3n) is 11.0. The van der Waals surface area contributed by atoms with Gasteiger partial charge in [0.25, 0.3) is 0 Å². The average Bonchev–Trinajstić information content (AvgIpc) is 2.93. The number of hydrogen-bond acceptors (Lipinski definition) is 1. The summed E-state index contributed by atoms with van der Waals surface area (Å²) in [6.45, 7) is 5.98. The molecule has 2 heteroatoms. The summed E-state index contributed by atoms with van der Waals surface area (Å²) in [5, 5.41) is 0. The molecule has 0 heterocycles. The van der Waals surface area contributed by atoms with Gasteiger partial charge in [0.15, 0.2) is 0 Å². The molecule has 1 amide bonds. The molecule has 0 N–H and O–H groups in total. The Labute approximate surface area is 217 Å². The van der Waals surface area contributed by atoms with Gasteiger partial charge in [-0.2, -0.15) is 0 Å². The van der Waals surface area contributed by atoms with Gasteiger partial charge in [0, 0.05) is 13.1 Å². The summed E-state index contributed by atoms with van der Waals surface area (Å²) in [5.74, 6) is 5.91. The number of unbranched alkanes of at least 4 members (excludes halogenated alkanes) is 2. The van der Waals surface area contributed by atoms with Crippen molar-refractivity contribution in [2.24, 2.45) is 35.5 Å². The van der Waals surface area contributed by atoms with Gasteiger partial charge in [-0.3, -0.25) is 4.79 Å². The van der Waals surface area contributed by atoms with Crippen LogP contribution in [0.5, 0.6) is 0 Å². The van der Waals surface area contributed by atoms with Crippen LogP contribution >= 0.6 is 0 Å². The first-order valence-corrected chi connectivity index (χ1v) is 15.7. The van der Waals surface area contributed by atoms with Crippen molar-refractivity contribution in [1.29, 1.82) is 0 Å². The minimum Gasteiger partial charge on any atom is -0.339 e. The lowest BCUT2D eigenvalue weighted by molar-refractivity contribution is -0.127. The summed E-state index contributed by atoms with van der Waals surface area (Å²) in [6, 6.07) is 0.435. The molecule has 0 aromatic heterocycles. The van der Waals surface area contributed by atoms with Crippen LogP contribution in [0.1, 0.15) is 129 Å². The normalized spacial score (nSPS) is 36.3. The quantitative estimate of drug-likeness (QED) is 0.183. The number of hydrogen-bond donors (Lipinski definition) is 0. The summed E-state index contributed by atoms with van der Waals surface area (Å²) in [5.41, 5.74) is 1.85. The molecule has 4 aliphatic rings. The first-order chi connectivity index (χ1) is 17.1. The first kappa shape index (κ1) is 27.0. The van der Waals surface area contributed by atoms with Crippen LogP contribution in [0.25, 0.3) is 0 Å². The topological polar surface area (TPSA) is 20.3 Å². The van der Waals surface area contributed by atoms with E-state index in [1.807, 2.05) is 17.5 Å². The number of amides is 1. The lowest BCUT2D eigenvalue weighted by Gasteiger charge is -2.41. The van der Waals surface area contributed by atoms with E-state index in [2.05, 4.69) is 19.6 Å². The number of likely N-dealkylation sites (N-methyl/N-ethyl adjacent to an activating group) is 1. The molecule has 2 nitrogen and oxygen atoms in total. The van der Waals surface area contributed by atoms with E-state index in [1.54, 1.807) is 0 Å². The molecule has 0 spiro atoms. The average molecular weight is 482 g/mol. The highest BCUT2D eigenvalue weighted by atomic mass is 16.2.